The van der Waals surface area contributed by atoms with Crippen molar-refractivity contribution in [2.24, 2.45) is 0 Å². The van der Waals surface area contributed by atoms with Crippen molar-refractivity contribution < 1.29 is 0 Å². The van der Waals surface area contributed by atoms with Gasteiger partial charge in [0.1, 0.15) is 0 Å². The molecule has 0 aliphatic rings. The minimum Gasteiger partial charge on any atom is -0.0616 e. The van der Waals surface area contributed by atoms with E-state index in [1.165, 1.54) is 65.0 Å². The molecule has 0 bridgehead atoms. The zero-order valence-electron chi connectivity index (χ0n) is 18.1. The number of fused-ring (bicyclic) bond motifs is 7. The fraction of sp³-hybridized carbons (Fsp3) is 0. The monoisotopic (exact) mass is 560 g/mol. The van der Waals surface area contributed by atoms with Crippen molar-refractivity contribution in [1.82, 2.24) is 0 Å². The van der Waals surface area contributed by atoms with Crippen LogP contribution in [0.2, 0.25) is 0 Å². The zero-order valence-corrected chi connectivity index (χ0v) is 21.3. The number of halogens is 2. The molecule has 0 aliphatic heterocycles. The van der Waals surface area contributed by atoms with E-state index in [2.05, 4.69) is 141 Å². The lowest BCUT2D eigenvalue weighted by Gasteiger charge is -2.15. The topological polar surface area (TPSA) is 0 Å². The first kappa shape index (κ1) is 20.2. The molecule has 160 valence electrons. The summed E-state index contributed by atoms with van der Waals surface area (Å²) >= 11 is 7.79. The number of hydrogen-bond acceptors (Lipinski definition) is 0. The first-order valence-electron chi connectivity index (χ1n) is 11.3. The van der Waals surface area contributed by atoms with Crippen molar-refractivity contribution >= 4 is 85.7 Å². The van der Waals surface area contributed by atoms with Gasteiger partial charge in [0.05, 0.1) is 0 Å². The Kier molecular flexibility index (Phi) is 4.55. The van der Waals surface area contributed by atoms with Gasteiger partial charge in [-0.05, 0) is 109 Å². The van der Waals surface area contributed by atoms with Crippen molar-refractivity contribution in [2.45, 2.75) is 0 Å². The van der Waals surface area contributed by atoms with Crippen LogP contribution in [-0.4, -0.2) is 0 Å². The molecule has 0 unspecified atom stereocenters. The highest BCUT2D eigenvalue weighted by Crippen LogP contribution is 2.43. The summed E-state index contributed by atoms with van der Waals surface area (Å²) in [6.45, 7) is 0. The minimum atomic E-state index is 1.14. The van der Waals surface area contributed by atoms with E-state index in [4.69, 9.17) is 0 Å². The summed E-state index contributed by atoms with van der Waals surface area (Å²) in [5, 5.41) is 12.6. The Morgan fingerprint density at radius 1 is 0.382 bits per heavy atom. The molecule has 7 rings (SSSR count). The van der Waals surface area contributed by atoms with Crippen molar-refractivity contribution in [3.05, 3.63) is 118 Å². The highest BCUT2D eigenvalue weighted by Gasteiger charge is 2.14. The Bertz CT molecular complexity index is 1930. The first-order chi connectivity index (χ1) is 16.7. The van der Waals surface area contributed by atoms with Gasteiger partial charge in [0.2, 0.25) is 0 Å². The Hall–Kier alpha value is -3.20. The highest BCUT2D eigenvalue weighted by atomic mass is 79.9. The van der Waals surface area contributed by atoms with Crippen LogP contribution in [0.1, 0.15) is 0 Å². The Morgan fingerprint density at radius 2 is 0.941 bits per heavy atom. The summed E-state index contributed by atoms with van der Waals surface area (Å²) in [7, 11) is 0. The van der Waals surface area contributed by atoms with Gasteiger partial charge in [-0.15, -0.1) is 0 Å². The molecule has 34 heavy (non-hydrogen) atoms. The average Bonchev–Trinajstić information content (AvgIpc) is 2.90. The standard InChI is InChI=1S/C32H18Br2/c33-31-25-11-5-6-12-26(25)32(34)29-17-20(15-16-27(29)31)28-18-21-14-13-19-7-1-2-8-22(19)30(21)24-10-4-3-9-23(24)28/h1-18H. The van der Waals surface area contributed by atoms with Gasteiger partial charge >= 0.3 is 0 Å². The minimum absolute atomic E-state index is 1.14. The van der Waals surface area contributed by atoms with Crippen LogP contribution < -0.4 is 0 Å². The van der Waals surface area contributed by atoms with Crippen molar-refractivity contribution in [3.63, 3.8) is 0 Å². The van der Waals surface area contributed by atoms with Gasteiger partial charge < -0.3 is 0 Å². The number of hydrogen-bond donors (Lipinski definition) is 0. The lowest BCUT2D eigenvalue weighted by Crippen LogP contribution is -1.88. The lowest BCUT2D eigenvalue weighted by molar-refractivity contribution is 1.69. The molecule has 0 nitrogen and oxygen atoms in total. The number of rotatable bonds is 1. The fourth-order valence-corrected chi connectivity index (χ4v) is 6.72. The molecule has 0 spiro atoms. The van der Waals surface area contributed by atoms with Gasteiger partial charge in [0, 0.05) is 8.95 Å². The highest BCUT2D eigenvalue weighted by molar-refractivity contribution is 9.11. The van der Waals surface area contributed by atoms with Crippen molar-refractivity contribution in [1.29, 1.82) is 0 Å². The summed E-state index contributed by atoms with van der Waals surface area (Å²) in [6, 6.07) is 39.7. The SMILES string of the molecule is Brc1c2ccccc2c(Br)c2cc(-c3cc4ccc5ccccc5c4c4ccccc34)ccc12. The van der Waals surface area contributed by atoms with E-state index in [9.17, 15) is 0 Å². The first-order valence-corrected chi connectivity index (χ1v) is 12.9. The largest absolute Gasteiger partial charge is 0.0616 e. The van der Waals surface area contributed by atoms with Crippen LogP contribution in [0.4, 0.5) is 0 Å². The van der Waals surface area contributed by atoms with Crippen molar-refractivity contribution in [3.8, 4) is 11.1 Å². The predicted molar refractivity (Wildman–Crippen MR) is 155 cm³/mol. The molecule has 7 aromatic rings. The van der Waals surface area contributed by atoms with Crippen LogP contribution in [0.3, 0.4) is 0 Å². The maximum atomic E-state index is 3.92. The second-order valence-corrected chi connectivity index (χ2v) is 10.4. The van der Waals surface area contributed by atoms with Gasteiger partial charge in [0.15, 0.2) is 0 Å². The van der Waals surface area contributed by atoms with Crippen LogP contribution >= 0.6 is 31.9 Å². The van der Waals surface area contributed by atoms with Gasteiger partial charge in [-0.1, -0.05) is 97.1 Å². The number of benzene rings is 7. The van der Waals surface area contributed by atoms with Gasteiger partial charge in [-0.25, -0.2) is 0 Å². The summed E-state index contributed by atoms with van der Waals surface area (Å²) in [6.07, 6.45) is 0. The third-order valence-corrected chi connectivity index (χ3v) is 8.66. The van der Waals surface area contributed by atoms with Crippen LogP contribution in [0, 0.1) is 0 Å². The molecular formula is C32H18Br2. The molecule has 0 saturated heterocycles. The van der Waals surface area contributed by atoms with Gasteiger partial charge in [-0.3, -0.25) is 0 Å². The van der Waals surface area contributed by atoms with E-state index in [0.717, 1.165) is 8.95 Å². The van der Waals surface area contributed by atoms with E-state index < -0.39 is 0 Å². The Labute approximate surface area is 214 Å². The molecule has 0 saturated carbocycles. The molecule has 0 aliphatic carbocycles. The average molecular weight is 562 g/mol. The summed E-state index contributed by atoms with van der Waals surface area (Å²) in [5.74, 6) is 0. The van der Waals surface area contributed by atoms with Crippen LogP contribution in [0.25, 0.3) is 65.0 Å². The van der Waals surface area contributed by atoms with Gasteiger partial charge in [0.25, 0.3) is 0 Å². The summed E-state index contributed by atoms with van der Waals surface area (Å²) < 4.78 is 2.28. The molecule has 0 radical (unpaired) electrons. The second-order valence-electron chi connectivity index (χ2n) is 8.79. The lowest BCUT2D eigenvalue weighted by atomic mass is 9.90. The van der Waals surface area contributed by atoms with E-state index in [0.29, 0.717) is 0 Å². The van der Waals surface area contributed by atoms with Crippen molar-refractivity contribution in [2.75, 3.05) is 0 Å². The normalized spacial score (nSPS) is 11.8. The quantitative estimate of drug-likeness (QED) is 0.138. The Morgan fingerprint density at radius 3 is 1.71 bits per heavy atom. The van der Waals surface area contributed by atoms with Crippen LogP contribution in [0.15, 0.2) is 118 Å². The maximum absolute atomic E-state index is 3.92. The molecule has 0 amide bonds. The van der Waals surface area contributed by atoms with Crippen LogP contribution in [0.5, 0.6) is 0 Å². The van der Waals surface area contributed by atoms with E-state index in [-0.39, 0.29) is 0 Å². The van der Waals surface area contributed by atoms with Gasteiger partial charge in [-0.2, -0.15) is 0 Å². The third kappa shape index (κ3) is 2.89. The molecular weight excluding hydrogens is 544 g/mol. The smallest absolute Gasteiger partial charge is 0.0333 e. The van der Waals surface area contributed by atoms with E-state index in [1.54, 1.807) is 0 Å². The third-order valence-electron chi connectivity index (χ3n) is 6.95. The fourth-order valence-electron chi connectivity index (χ4n) is 5.36. The molecule has 0 fully saturated rings. The molecule has 0 heterocycles. The van der Waals surface area contributed by atoms with E-state index in [1.807, 2.05) is 0 Å². The molecule has 0 aromatic heterocycles. The Balaban J connectivity index is 1.59. The molecule has 2 heteroatoms. The summed E-state index contributed by atoms with van der Waals surface area (Å²) in [5.41, 5.74) is 2.48. The van der Waals surface area contributed by atoms with E-state index >= 15 is 0 Å². The zero-order chi connectivity index (χ0) is 22.8. The molecule has 0 N–H and O–H groups in total. The maximum Gasteiger partial charge on any atom is 0.0333 e. The predicted octanol–water partition coefficient (Wildman–Crippen LogP) is 10.6. The second kappa shape index (κ2) is 7.66. The summed E-state index contributed by atoms with van der Waals surface area (Å²) in [4.78, 5) is 0. The molecule has 7 aromatic carbocycles. The van der Waals surface area contributed by atoms with Crippen LogP contribution in [-0.2, 0) is 0 Å². The molecule has 0 atom stereocenters.